The van der Waals surface area contributed by atoms with Crippen molar-refractivity contribution in [2.24, 2.45) is 0 Å². The molecule has 38 heavy (non-hydrogen) atoms. The molecule has 1 saturated heterocycles. The van der Waals surface area contributed by atoms with Crippen LogP contribution in [0.5, 0.6) is 11.5 Å². The molecule has 3 aromatic rings. The molecule has 1 N–H and O–H groups in total. The molecule has 10 heteroatoms. The summed E-state index contributed by atoms with van der Waals surface area (Å²) in [7, 11) is 3.27. The monoisotopic (exact) mass is 541 g/mol. The molecule has 1 atom stereocenters. The highest BCUT2D eigenvalue weighted by atomic mass is 35.5. The first-order valence-electron chi connectivity index (χ1n) is 12.3. The maximum absolute atomic E-state index is 10.9. The number of carbonyl (C=O) groups is 2. The van der Waals surface area contributed by atoms with E-state index >= 15 is 0 Å². The Morgan fingerprint density at radius 3 is 2.45 bits per heavy atom. The van der Waals surface area contributed by atoms with Crippen LogP contribution in [0.2, 0.25) is 5.02 Å². The number of piperazine rings is 1. The summed E-state index contributed by atoms with van der Waals surface area (Å²) >= 11 is 6.30. The molecule has 202 valence electrons. The highest BCUT2D eigenvalue weighted by molar-refractivity contribution is 6.30. The van der Waals surface area contributed by atoms with Crippen LogP contribution in [0, 0.1) is 0 Å². The molecule has 0 saturated carbocycles. The van der Waals surface area contributed by atoms with Gasteiger partial charge >= 0.3 is 5.97 Å². The fourth-order valence-electron chi connectivity index (χ4n) is 4.77. The van der Waals surface area contributed by atoms with E-state index in [-0.39, 0.29) is 18.6 Å². The van der Waals surface area contributed by atoms with Gasteiger partial charge in [-0.3, -0.25) is 14.5 Å². The fraction of sp³-hybridized carbons (Fsp3) is 0.357. The molecule has 1 amide bonds. The molecular weight excluding hydrogens is 510 g/mol. The van der Waals surface area contributed by atoms with Crippen LogP contribution in [0.25, 0.3) is 5.69 Å². The van der Waals surface area contributed by atoms with Gasteiger partial charge in [0.05, 0.1) is 33.1 Å². The number of hydrogen-bond donors (Lipinski definition) is 1. The summed E-state index contributed by atoms with van der Waals surface area (Å²) in [5, 5.41) is 9.19. The normalized spacial score (nSPS) is 16.8. The van der Waals surface area contributed by atoms with Gasteiger partial charge in [0.25, 0.3) is 0 Å². The number of para-hydroxylation sites is 1. The van der Waals surface area contributed by atoms with Crippen molar-refractivity contribution in [3.63, 3.8) is 0 Å². The number of aliphatic carboxylic acids is 1. The zero-order chi connectivity index (χ0) is 27.2. The van der Waals surface area contributed by atoms with Gasteiger partial charge in [0, 0.05) is 61.1 Å². The molecule has 2 aliphatic heterocycles. The van der Waals surface area contributed by atoms with Crippen molar-refractivity contribution in [3.8, 4) is 17.2 Å². The Balaban J connectivity index is 0.000000219. The van der Waals surface area contributed by atoms with Crippen molar-refractivity contribution in [2.75, 3.05) is 46.9 Å². The minimum absolute atomic E-state index is 0.0648. The Labute approximate surface area is 227 Å². The van der Waals surface area contributed by atoms with Gasteiger partial charge in [-0.1, -0.05) is 23.7 Å². The Morgan fingerprint density at radius 1 is 1.03 bits per heavy atom. The summed E-state index contributed by atoms with van der Waals surface area (Å²) in [6.07, 6.45) is 1.73. The topological polar surface area (TPSA) is 93.5 Å². The lowest BCUT2D eigenvalue weighted by Gasteiger charge is -2.33. The predicted octanol–water partition coefficient (Wildman–Crippen LogP) is 4.00. The minimum Gasteiger partial charge on any atom is -0.493 e. The van der Waals surface area contributed by atoms with E-state index in [1.807, 2.05) is 53.6 Å². The number of halogens is 1. The number of methoxy groups -OCH3 is 2. The standard InChI is InChI=1S/C20H18ClNO3.C8H14N2O3/c1-23-18-7-3-6-15(20(18)24-2)19-16-11-13(21)8-9-17(16)22-10-4-5-14(22)12-25-19;1-7(11)10-4-2-9(3-5-10)6-8(12)13/h3-11,19H,12H2,1-2H3;2-6H2,1H3,(H,12,13)/t19-;/m1./s1. The van der Waals surface area contributed by atoms with Gasteiger partial charge in [-0.2, -0.15) is 0 Å². The van der Waals surface area contributed by atoms with Gasteiger partial charge in [-0.05, 0) is 36.4 Å². The lowest BCUT2D eigenvalue weighted by molar-refractivity contribution is -0.139. The molecule has 1 aromatic heterocycles. The van der Waals surface area contributed by atoms with Gasteiger partial charge < -0.3 is 28.8 Å². The average Bonchev–Trinajstić information content (AvgIpc) is 3.31. The molecule has 3 heterocycles. The first kappa shape index (κ1) is 27.5. The molecule has 0 radical (unpaired) electrons. The van der Waals surface area contributed by atoms with E-state index in [9.17, 15) is 9.59 Å². The highest BCUT2D eigenvalue weighted by Gasteiger charge is 2.28. The van der Waals surface area contributed by atoms with Gasteiger partial charge in [0.2, 0.25) is 5.91 Å². The molecule has 2 aliphatic rings. The molecule has 0 aliphatic carbocycles. The third-order valence-corrected chi connectivity index (χ3v) is 6.89. The molecule has 1 fully saturated rings. The fourth-order valence-corrected chi connectivity index (χ4v) is 4.95. The van der Waals surface area contributed by atoms with Gasteiger partial charge in [0.1, 0.15) is 6.10 Å². The number of fused-ring (bicyclic) bond motifs is 3. The smallest absolute Gasteiger partial charge is 0.317 e. The van der Waals surface area contributed by atoms with Gasteiger partial charge in [-0.15, -0.1) is 0 Å². The van der Waals surface area contributed by atoms with E-state index in [0.29, 0.717) is 49.3 Å². The molecule has 0 unspecified atom stereocenters. The van der Waals surface area contributed by atoms with E-state index in [1.165, 1.54) is 6.92 Å². The Hall–Kier alpha value is -3.53. The molecule has 9 nitrogen and oxygen atoms in total. The van der Waals surface area contributed by atoms with E-state index < -0.39 is 5.97 Å². The average molecular weight is 542 g/mol. The Morgan fingerprint density at radius 2 is 1.79 bits per heavy atom. The molecule has 0 spiro atoms. The number of carboxylic acids is 1. The van der Waals surface area contributed by atoms with E-state index in [2.05, 4.69) is 10.6 Å². The number of hydrogen-bond acceptors (Lipinski definition) is 6. The lowest BCUT2D eigenvalue weighted by Crippen LogP contribution is -2.49. The second-order valence-electron chi connectivity index (χ2n) is 9.02. The SMILES string of the molecule is CC(=O)N1CCN(CC(=O)O)CC1.COc1cccc([C@H]2OCc3cccn3-c3ccc(Cl)cc32)c1OC. The van der Waals surface area contributed by atoms with Crippen molar-refractivity contribution in [1.82, 2.24) is 14.4 Å². The number of ether oxygens (including phenoxy) is 3. The number of rotatable bonds is 5. The summed E-state index contributed by atoms with van der Waals surface area (Å²) in [4.78, 5) is 24.8. The number of benzene rings is 2. The van der Waals surface area contributed by atoms with E-state index in [0.717, 1.165) is 22.5 Å². The highest BCUT2D eigenvalue weighted by Crippen LogP contribution is 2.43. The Kier molecular flexibility index (Phi) is 8.93. The van der Waals surface area contributed by atoms with Crippen LogP contribution in [0.1, 0.15) is 29.8 Å². The number of amides is 1. The van der Waals surface area contributed by atoms with Crippen LogP contribution in [0.4, 0.5) is 0 Å². The van der Waals surface area contributed by atoms with Crippen LogP contribution in [-0.4, -0.2) is 78.3 Å². The maximum atomic E-state index is 10.9. The largest absolute Gasteiger partial charge is 0.493 e. The van der Waals surface area contributed by atoms with Crippen LogP contribution in [0.3, 0.4) is 0 Å². The summed E-state index contributed by atoms with van der Waals surface area (Å²) in [5.74, 6) is 0.606. The zero-order valence-corrected chi connectivity index (χ0v) is 22.5. The van der Waals surface area contributed by atoms with Crippen molar-refractivity contribution in [3.05, 3.63) is 76.6 Å². The first-order chi connectivity index (χ1) is 18.3. The number of nitrogens with zero attached hydrogens (tertiary/aromatic N) is 3. The molecule has 2 aromatic carbocycles. The quantitative estimate of drug-likeness (QED) is 0.522. The predicted molar refractivity (Wildman–Crippen MR) is 143 cm³/mol. The second-order valence-corrected chi connectivity index (χ2v) is 9.46. The van der Waals surface area contributed by atoms with Crippen molar-refractivity contribution in [1.29, 1.82) is 0 Å². The number of carboxylic acid groups (broad SMARTS) is 1. The molecular formula is C28H32ClN3O6. The third-order valence-electron chi connectivity index (χ3n) is 6.65. The number of carbonyl (C=O) groups excluding carboxylic acids is 1. The van der Waals surface area contributed by atoms with Crippen molar-refractivity contribution >= 4 is 23.5 Å². The summed E-state index contributed by atoms with van der Waals surface area (Å²) in [6, 6.07) is 15.8. The zero-order valence-electron chi connectivity index (χ0n) is 21.7. The van der Waals surface area contributed by atoms with Crippen LogP contribution in [0.15, 0.2) is 54.7 Å². The summed E-state index contributed by atoms with van der Waals surface area (Å²) < 4.78 is 19.5. The maximum Gasteiger partial charge on any atom is 0.317 e. The lowest BCUT2D eigenvalue weighted by atomic mass is 9.98. The van der Waals surface area contributed by atoms with Gasteiger partial charge in [-0.25, -0.2) is 0 Å². The molecule has 5 rings (SSSR count). The van der Waals surface area contributed by atoms with Crippen molar-refractivity contribution < 1.29 is 28.9 Å². The van der Waals surface area contributed by atoms with E-state index in [1.54, 1.807) is 19.1 Å². The van der Waals surface area contributed by atoms with Crippen LogP contribution >= 0.6 is 11.6 Å². The van der Waals surface area contributed by atoms with Crippen LogP contribution < -0.4 is 9.47 Å². The van der Waals surface area contributed by atoms with E-state index in [4.69, 9.17) is 30.9 Å². The first-order valence-corrected chi connectivity index (χ1v) is 12.7. The van der Waals surface area contributed by atoms with Gasteiger partial charge in [0.15, 0.2) is 11.5 Å². The third kappa shape index (κ3) is 6.12. The summed E-state index contributed by atoms with van der Waals surface area (Å²) in [6.45, 7) is 4.70. The number of aromatic nitrogens is 1. The second kappa shape index (κ2) is 12.3. The van der Waals surface area contributed by atoms with Crippen molar-refractivity contribution in [2.45, 2.75) is 19.6 Å². The summed E-state index contributed by atoms with van der Waals surface area (Å²) in [5.41, 5.74) is 4.05. The van der Waals surface area contributed by atoms with Crippen LogP contribution in [-0.2, 0) is 20.9 Å². The minimum atomic E-state index is -0.809. The molecule has 0 bridgehead atoms. The Bertz CT molecular complexity index is 1290.